The van der Waals surface area contributed by atoms with Crippen LogP contribution in [-0.2, 0) is 11.3 Å². The first-order valence-corrected chi connectivity index (χ1v) is 9.57. The van der Waals surface area contributed by atoms with Crippen molar-refractivity contribution in [3.05, 3.63) is 54.1 Å². The summed E-state index contributed by atoms with van der Waals surface area (Å²) in [5, 5.41) is 3.45. The molecule has 150 valence electrons. The number of aliphatic imine (C=N–C) groups is 1. The molecular formula is C22H29N3O3. The second-order valence-corrected chi connectivity index (χ2v) is 6.85. The number of nitrogens with one attached hydrogen (secondary N) is 1. The van der Waals surface area contributed by atoms with Crippen LogP contribution < -0.4 is 14.8 Å². The predicted molar refractivity (Wildman–Crippen MR) is 111 cm³/mol. The first-order chi connectivity index (χ1) is 13.7. The van der Waals surface area contributed by atoms with E-state index in [1.165, 1.54) is 5.56 Å². The lowest BCUT2D eigenvalue weighted by Crippen LogP contribution is -2.39. The summed E-state index contributed by atoms with van der Waals surface area (Å²) < 4.78 is 16.5. The monoisotopic (exact) mass is 383 g/mol. The highest BCUT2D eigenvalue weighted by Crippen LogP contribution is 2.30. The van der Waals surface area contributed by atoms with Gasteiger partial charge in [-0.05, 0) is 36.2 Å². The Bertz CT molecular complexity index is 777. The third-order valence-corrected chi connectivity index (χ3v) is 4.87. The van der Waals surface area contributed by atoms with E-state index in [1.807, 2.05) is 43.4 Å². The molecule has 1 N–H and O–H groups in total. The number of ether oxygens (including phenoxy) is 3. The van der Waals surface area contributed by atoms with Crippen LogP contribution in [0.5, 0.6) is 17.2 Å². The summed E-state index contributed by atoms with van der Waals surface area (Å²) in [6, 6.07) is 15.7. The maximum Gasteiger partial charge on any atom is 0.193 e. The van der Waals surface area contributed by atoms with Crippen LogP contribution in [0, 0.1) is 5.92 Å². The third-order valence-electron chi connectivity index (χ3n) is 4.87. The first kappa shape index (κ1) is 20.0. The lowest BCUT2D eigenvalue weighted by molar-refractivity contribution is 0.157. The van der Waals surface area contributed by atoms with Crippen LogP contribution in [0.15, 0.2) is 53.5 Å². The molecule has 0 spiro atoms. The Morgan fingerprint density at radius 2 is 1.86 bits per heavy atom. The number of para-hydroxylation sites is 2. The zero-order chi connectivity index (χ0) is 19.8. The summed E-state index contributed by atoms with van der Waals surface area (Å²) in [4.78, 5) is 6.72. The molecule has 2 aromatic carbocycles. The van der Waals surface area contributed by atoms with E-state index in [4.69, 9.17) is 14.2 Å². The second-order valence-electron chi connectivity index (χ2n) is 6.85. The van der Waals surface area contributed by atoms with Crippen LogP contribution in [0.4, 0.5) is 0 Å². The minimum absolute atomic E-state index is 0.579. The number of likely N-dealkylation sites (tertiary alicyclic amines) is 1. The normalized spacial score (nSPS) is 16.9. The molecule has 1 unspecified atom stereocenters. The van der Waals surface area contributed by atoms with Gasteiger partial charge in [-0.25, -0.2) is 0 Å². The highest BCUT2D eigenvalue weighted by molar-refractivity contribution is 5.80. The number of hydrogen-bond donors (Lipinski definition) is 1. The number of benzene rings is 2. The Morgan fingerprint density at radius 1 is 1.11 bits per heavy atom. The summed E-state index contributed by atoms with van der Waals surface area (Å²) in [5.41, 5.74) is 1.17. The van der Waals surface area contributed by atoms with Crippen LogP contribution >= 0.6 is 0 Å². The molecule has 1 fully saturated rings. The first-order valence-electron chi connectivity index (χ1n) is 9.57. The van der Waals surface area contributed by atoms with E-state index in [0.717, 1.165) is 43.6 Å². The van der Waals surface area contributed by atoms with E-state index in [0.29, 0.717) is 18.2 Å². The maximum atomic E-state index is 5.93. The minimum atomic E-state index is 0.579. The molecule has 1 aliphatic heterocycles. The quantitative estimate of drug-likeness (QED) is 0.586. The van der Waals surface area contributed by atoms with Crippen LogP contribution in [-0.4, -0.2) is 51.8 Å². The molecule has 0 aromatic heterocycles. The van der Waals surface area contributed by atoms with Crippen molar-refractivity contribution in [2.45, 2.75) is 13.0 Å². The maximum absolute atomic E-state index is 5.93. The lowest BCUT2D eigenvalue weighted by Gasteiger charge is -2.21. The van der Waals surface area contributed by atoms with Crippen molar-refractivity contribution in [3.63, 3.8) is 0 Å². The van der Waals surface area contributed by atoms with E-state index in [1.54, 1.807) is 14.2 Å². The van der Waals surface area contributed by atoms with Crippen LogP contribution in [0.1, 0.15) is 12.0 Å². The van der Waals surface area contributed by atoms with Gasteiger partial charge in [-0.15, -0.1) is 0 Å². The summed E-state index contributed by atoms with van der Waals surface area (Å²) in [6.07, 6.45) is 1.14. The fourth-order valence-electron chi connectivity index (χ4n) is 3.42. The van der Waals surface area contributed by atoms with Crippen LogP contribution in [0.25, 0.3) is 0 Å². The van der Waals surface area contributed by atoms with Crippen molar-refractivity contribution in [3.8, 4) is 17.2 Å². The lowest BCUT2D eigenvalue weighted by atomic mass is 10.1. The molecule has 0 amide bonds. The van der Waals surface area contributed by atoms with E-state index < -0.39 is 0 Å². The molecule has 0 aliphatic carbocycles. The topological polar surface area (TPSA) is 55.3 Å². The number of hydrogen-bond acceptors (Lipinski definition) is 4. The van der Waals surface area contributed by atoms with Gasteiger partial charge in [0.1, 0.15) is 5.75 Å². The van der Waals surface area contributed by atoms with Crippen molar-refractivity contribution < 1.29 is 14.2 Å². The third kappa shape index (κ3) is 5.16. The molecule has 1 saturated heterocycles. The van der Waals surface area contributed by atoms with E-state index in [2.05, 4.69) is 27.3 Å². The Labute approximate surface area is 167 Å². The van der Waals surface area contributed by atoms with Crippen molar-refractivity contribution in [2.75, 3.05) is 41.0 Å². The van der Waals surface area contributed by atoms with Gasteiger partial charge in [-0.1, -0.05) is 24.3 Å². The van der Waals surface area contributed by atoms with Crippen molar-refractivity contribution in [1.82, 2.24) is 10.2 Å². The Balaban J connectivity index is 1.54. The number of methoxy groups -OCH3 is 2. The summed E-state index contributed by atoms with van der Waals surface area (Å²) in [7, 11) is 5.23. The Morgan fingerprint density at radius 3 is 2.54 bits per heavy atom. The van der Waals surface area contributed by atoms with Crippen molar-refractivity contribution in [2.24, 2.45) is 10.9 Å². The van der Waals surface area contributed by atoms with Gasteiger partial charge in [0.2, 0.25) is 0 Å². The number of nitrogens with zero attached hydrogens (tertiary/aromatic N) is 2. The molecule has 1 heterocycles. The highest BCUT2D eigenvalue weighted by atomic mass is 16.5. The largest absolute Gasteiger partial charge is 0.493 e. The molecule has 0 radical (unpaired) electrons. The van der Waals surface area contributed by atoms with E-state index in [9.17, 15) is 0 Å². The van der Waals surface area contributed by atoms with Crippen molar-refractivity contribution in [1.29, 1.82) is 0 Å². The van der Waals surface area contributed by atoms with Gasteiger partial charge in [-0.3, -0.25) is 4.99 Å². The van der Waals surface area contributed by atoms with Gasteiger partial charge >= 0.3 is 0 Å². The fourth-order valence-corrected chi connectivity index (χ4v) is 3.42. The molecular weight excluding hydrogens is 354 g/mol. The molecule has 2 aromatic rings. The summed E-state index contributed by atoms with van der Waals surface area (Å²) in [6.45, 7) is 3.52. The average molecular weight is 383 g/mol. The smallest absolute Gasteiger partial charge is 0.193 e. The number of rotatable bonds is 7. The standard InChI is InChI=1S/C22H29N3O3/c1-23-22(25-13-12-18(15-25)16-26-2)24-14-17-8-10-19(11-9-17)28-21-7-5-4-6-20(21)27-3/h4-11,18H,12-16H2,1-3H3,(H,23,24). The SMILES string of the molecule is CN=C(NCc1ccc(Oc2ccccc2OC)cc1)N1CCC(COC)C1. The van der Waals surface area contributed by atoms with Gasteiger partial charge in [0, 0.05) is 39.7 Å². The van der Waals surface area contributed by atoms with Gasteiger partial charge in [0.15, 0.2) is 17.5 Å². The fraction of sp³-hybridized carbons (Fsp3) is 0.409. The molecule has 28 heavy (non-hydrogen) atoms. The molecule has 6 nitrogen and oxygen atoms in total. The molecule has 3 rings (SSSR count). The molecule has 6 heteroatoms. The number of guanidine groups is 1. The van der Waals surface area contributed by atoms with Crippen LogP contribution in [0.3, 0.4) is 0 Å². The Kier molecular flexibility index (Phi) is 7.14. The summed E-state index contributed by atoms with van der Waals surface area (Å²) in [5.74, 6) is 3.72. The summed E-state index contributed by atoms with van der Waals surface area (Å²) >= 11 is 0. The average Bonchev–Trinajstić information content (AvgIpc) is 3.19. The van der Waals surface area contributed by atoms with Gasteiger partial charge < -0.3 is 24.4 Å². The molecule has 1 atom stereocenters. The predicted octanol–water partition coefficient (Wildman–Crippen LogP) is 3.53. The zero-order valence-corrected chi connectivity index (χ0v) is 16.9. The van der Waals surface area contributed by atoms with Gasteiger partial charge in [0.25, 0.3) is 0 Å². The van der Waals surface area contributed by atoms with Gasteiger partial charge in [-0.2, -0.15) is 0 Å². The van der Waals surface area contributed by atoms with E-state index >= 15 is 0 Å². The van der Waals surface area contributed by atoms with Gasteiger partial charge in [0.05, 0.1) is 13.7 Å². The van der Waals surface area contributed by atoms with Crippen molar-refractivity contribution >= 4 is 5.96 Å². The Hall–Kier alpha value is -2.73. The highest BCUT2D eigenvalue weighted by Gasteiger charge is 2.24. The van der Waals surface area contributed by atoms with Crippen LogP contribution in [0.2, 0.25) is 0 Å². The van der Waals surface area contributed by atoms with E-state index in [-0.39, 0.29) is 0 Å². The zero-order valence-electron chi connectivity index (χ0n) is 16.9. The second kappa shape index (κ2) is 9.99. The molecule has 1 aliphatic rings. The molecule has 0 saturated carbocycles. The molecule has 0 bridgehead atoms. The minimum Gasteiger partial charge on any atom is -0.493 e.